The van der Waals surface area contributed by atoms with Gasteiger partial charge in [0.2, 0.25) is 0 Å². The van der Waals surface area contributed by atoms with Crippen LogP contribution in [0.1, 0.15) is 11.9 Å². The highest BCUT2D eigenvalue weighted by Crippen LogP contribution is 2.22. The summed E-state index contributed by atoms with van der Waals surface area (Å²) in [5, 5.41) is 0.774. The maximum absolute atomic E-state index is 12.0. The van der Waals surface area contributed by atoms with Gasteiger partial charge in [0.1, 0.15) is 17.4 Å². The molecular weight excluding hydrogens is 378 g/mol. The van der Waals surface area contributed by atoms with Crippen molar-refractivity contribution in [1.29, 1.82) is 0 Å². The van der Waals surface area contributed by atoms with E-state index < -0.39 is 12.1 Å². The van der Waals surface area contributed by atoms with Gasteiger partial charge >= 0.3 is 5.97 Å². The number of hydrogen-bond acceptors (Lipinski definition) is 5. The van der Waals surface area contributed by atoms with Gasteiger partial charge in [-0.15, -0.1) is 11.3 Å². The number of rotatable bonds is 5. The van der Waals surface area contributed by atoms with E-state index in [1.54, 1.807) is 19.1 Å². The maximum atomic E-state index is 12.0. The number of carbonyl (C=O) groups is 1. The molecule has 0 spiro atoms. The molecule has 23 heavy (non-hydrogen) atoms. The van der Waals surface area contributed by atoms with Crippen LogP contribution in [0.15, 0.2) is 53.0 Å². The predicted octanol–water partition coefficient (Wildman–Crippen LogP) is 4.57. The molecule has 0 saturated heterocycles. The minimum absolute atomic E-state index is 0.159. The van der Waals surface area contributed by atoms with Crippen LogP contribution < -0.4 is 4.74 Å². The van der Waals surface area contributed by atoms with E-state index in [0.29, 0.717) is 5.75 Å². The quantitative estimate of drug-likeness (QED) is 0.597. The molecule has 0 unspecified atom stereocenters. The van der Waals surface area contributed by atoms with Crippen molar-refractivity contribution < 1.29 is 14.3 Å². The Kier molecular flexibility index (Phi) is 4.93. The standard InChI is InChI=1S/C17H14BrNO3S/c1-11(22-13-8-6-12(18)7-9-13)17(20)21-10-16-19-14-4-2-3-5-15(14)23-16/h2-9,11H,10H2,1H3/t11-/m1/s1. The lowest BCUT2D eigenvalue weighted by atomic mass is 10.3. The monoisotopic (exact) mass is 391 g/mol. The zero-order valence-electron chi connectivity index (χ0n) is 12.4. The van der Waals surface area contributed by atoms with Crippen molar-refractivity contribution in [2.75, 3.05) is 0 Å². The molecule has 118 valence electrons. The lowest BCUT2D eigenvalue weighted by molar-refractivity contribution is -0.152. The Balaban J connectivity index is 1.56. The van der Waals surface area contributed by atoms with Crippen LogP contribution >= 0.6 is 27.3 Å². The molecule has 0 saturated carbocycles. The predicted molar refractivity (Wildman–Crippen MR) is 93.6 cm³/mol. The topological polar surface area (TPSA) is 48.4 Å². The van der Waals surface area contributed by atoms with Crippen molar-refractivity contribution >= 4 is 43.5 Å². The molecule has 0 fully saturated rings. The number of para-hydroxylation sites is 1. The van der Waals surface area contributed by atoms with Crippen LogP contribution in [0.25, 0.3) is 10.2 Å². The molecule has 0 aliphatic heterocycles. The van der Waals surface area contributed by atoms with Crippen molar-refractivity contribution in [2.45, 2.75) is 19.6 Å². The molecule has 6 heteroatoms. The first-order chi connectivity index (χ1) is 11.1. The smallest absolute Gasteiger partial charge is 0.347 e. The molecular formula is C17H14BrNO3S. The van der Waals surface area contributed by atoms with Crippen LogP contribution in [0.5, 0.6) is 5.75 Å². The molecule has 3 aromatic rings. The van der Waals surface area contributed by atoms with Crippen LogP contribution in [0.4, 0.5) is 0 Å². The molecule has 0 radical (unpaired) electrons. The Bertz CT molecular complexity index is 783. The summed E-state index contributed by atoms with van der Waals surface area (Å²) in [6.07, 6.45) is -0.675. The first kappa shape index (κ1) is 16.0. The van der Waals surface area contributed by atoms with E-state index in [1.165, 1.54) is 11.3 Å². The van der Waals surface area contributed by atoms with Crippen LogP contribution in [0, 0.1) is 0 Å². The van der Waals surface area contributed by atoms with Crippen molar-refractivity contribution in [1.82, 2.24) is 4.98 Å². The van der Waals surface area contributed by atoms with E-state index in [9.17, 15) is 4.79 Å². The van der Waals surface area contributed by atoms with Crippen molar-refractivity contribution in [2.24, 2.45) is 0 Å². The summed E-state index contributed by atoms with van der Waals surface area (Å²) in [4.78, 5) is 16.5. The SMILES string of the molecule is C[C@@H](Oc1ccc(Br)cc1)C(=O)OCc1nc2ccccc2s1. The number of nitrogens with zero attached hydrogens (tertiary/aromatic N) is 1. The number of thiazole rings is 1. The summed E-state index contributed by atoms with van der Waals surface area (Å²) in [5.74, 6) is 0.213. The molecule has 0 aliphatic carbocycles. The molecule has 1 heterocycles. The van der Waals surface area contributed by atoms with Gasteiger partial charge in [-0.2, -0.15) is 0 Å². The van der Waals surface area contributed by atoms with Crippen LogP contribution in [0.3, 0.4) is 0 Å². The number of ether oxygens (including phenoxy) is 2. The van der Waals surface area contributed by atoms with Gasteiger partial charge in [0.15, 0.2) is 6.10 Å². The number of benzene rings is 2. The largest absolute Gasteiger partial charge is 0.479 e. The van der Waals surface area contributed by atoms with Gasteiger partial charge in [-0.05, 0) is 43.3 Å². The first-order valence-electron chi connectivity index (χ1n) is 7.05. The van der Waals surface area contributed by atoms with E-state index in [0.717, 1.165) is 19.7 Å². The Morgan fingerprint density at radius 1 is 1.22 bits per heavy atom. The molecule has 0 N–H and O–H groups in total. The van der Waals surface area contributed by atoms with Gasteiger partial charge in [-0.3, -0.25) is 0 Å². The number of aromatic nitrogens is 1. The second kappa shape index (κ2) is 7.10. The summed E-state index contributed by atoms with van der Waals surface area (Å²) in [7, 11) is 0. The normalized spacial score (nSPS) is 12.1. The highest BCUT2D eigenvalue weighted by molar-refractivity contribution is 9.10. The van der Waals surface area contributed by atoms with Crippen LogP contribution in [-0.2, 0) is 16.1 Å². The molecule has 4 nitrogen and oxygen atoms in total. The molecule has 0 amide bonds. The molecule has 2 aromatic carbocycles. The molecule has 0 aliphatic rings. The highest BCUT2D eigenvalue weighted by atomic mass is 79.9. The zero-order valence-corrected chi connectivity index (χ0v) is 14.8. The van der Waals surface area contributed by atoms with Crippen molar-refractivity contribution in [3.05, 3.63) is 58.0 Å². The number of hydrogen-bond donors (Lipinski definition) is 0. The van der Waals surface area contributed by atoms with Gasteiger partial charge in [0, 0.05) is 4.47 Å². The second-order valence-corrected chi connectivity index (χ2v) is 6.93. The number of fused-ring (bicyclic) bond motifs is 1. The average Bonchev–Trinajstić information content (AvgIpc) is 2.97. The molecule has 1 atom stereocenters. The number of esters is 1. The minimum Gasteiger partial charge on any atom is -0.479 e. The molecule has 0 bridgehead atoms. The van der Waals surface area contributed by atoms with Gasteiger partial charge in [0.05, 0.1) is 10.2 Å². The fourth-order valence-corrected chi connectivity index (χ4v) is 3.14. The third-order valence-corrected chi connectivity index (χ3v) is 4.67. The van der Waals surface area contributed by atoms with Gasteiger partial charge in [0.25, 0.3) is 0 Å². The number of halogens is 1. The Hall–Kier alpha value is -1.92. The van der Waals surface area contributed by atoms with Gasteiger partial charge in [-0.25, -0.2) is 9.78 Å². The van der Waals surface area contributed by atoms with Crippen molar-refractivity contribution in [3.63, 3.8) is 0 Å². The Morgan fingerprint density at radius 3 is 2.70 bits per heavy atom. The van der Waals surface area contributed by atoms with Gasteiger partial charge in [-0.1, -0.05) is 28.1 Å². The van der Waals surface area contributed by atoms with E-state index in [-0.39, 0.29) is 6.61 Å². The van der Waals surface area contributed by atoms with Crippen LogP contribution in [0.2, 0.25) is 0 Å². The van der Waals surface area contributed by atoms with Crippen molar-refractivity contribution in [3.8, 4) is 5.75 Å². The first-order valence-corrected chi connectivity index (χ1v) is 8.66. The third kappa shape index (κ3) is 4.09. The van der Waals surface area contributed by atoms with Gasteiger partial charge < -0.3 is 9.47 Å². The lowest BCUT2D eigenvalue weighted by Crippen LogP contribution is -2.25. The zero-order chi connectivity index (χ0) is 16.2. The van der Waals surface area contributed by atoms with Crippen LogP contribution in [-0.4, -0.2) is 17.1 Å². The second-order valence-electron chi connectivity index (χ2n) is 4.90. The lowest BCUT2D eigenvalue weighted by Gasteiger charge is -2.13. The van der Waals surface area contributed by atoms with E-state index >= 15 is 0 Å². The van der Waals surface area contributed by atoms with E-state index in [1.807, 2.05) is 36.4 Å². The summed E-state index contributed by atoms with van der Waals surface area (Å²) in [5.41, 5.74) is 0.919. The minimum atomic E-state index is -0.675. The summed E-state index contributed by atoms with van der Waals surface area (Å²) < 4.78 is 12.9. The average molecular weight is 392 g/mol. The summed E-state index contributed by atoms with van der Waals surface area (Å²) >= 11 is 4.87. The number of carbonyl (C=O) groups excluding carboxylic acids is 1. The maximum Gasteiger partial charge on any atom is 0.347 e. The molecule has 3 rings (SSSR count). The van der Waals surface area contributed by atoms with E-state index in [4.69, 9.17) is 9.47 Å². The van der Waals surface area contributed by atoms with E-state index in [2.05, 4.69) is 20.9 Å². The summed E-state index contributed by atoms with van der Waals surface area (Å²) in [6.45, 7) is 1.83. The fourth-order valence-electron chi connectivity index (χ4n) is 2.00. The highest BCUT2D eigenvalue weighted by Gasteiger charge is 2.17. The third-order valence-electron chi connectivity index (χ3n) is 3.13. The molecule has 1 aromatic heterocycles. The Labute approximate surface area is 146 Å². The summed E-state index contributed by atoms with van der Waals surface area (Å²) in [6, 6.07) is 15.1. The Morgan fingerprint density at radius 2 is 1.96 bits per heavy atom. The fraction of sp³-hybridized carbons (Fsp3) is 0.176.